The first-order valence-corrected chi connectivity index (χ1v) is 8.18. The van der Waals surface area contributed by atoms with Gasteiger partial charge in [0.25, 0.3) is 0 Å². The fourth-order valence-corrected chi connectivity index (χ4v) is 3.01. The summed E-state index contributed by atoms with van der Waals surface area (Å²) < 4.78 is 0. The van der Waals surface area contributed by atoms with Gasteiger partial charge in [-0.1, -0.05) is 30.3 Å². The zero-order valence-corrected chi connectivity index (χ0v) is 12.9. The molecule has 0 aliphatic rings. The van der Waals surface area contributed by atoms with Gasteiger partial charge in [0, 0.05) is 17.1 Å². The van der Waals surface area contributed by atoms with Gasteiger partial charge < -0.3 is 10.3 Å². The van der Waals surface area contributed by atoms with E-state index in [4.69, 9.17) is 0 Å². The lowest BCUT2D eigenvalue weighted by Gasteiger charge is -2.03. The Morgan fingerprint density at radius 3 is 2.68 bits per heavy atom. The zero-order valence-electron chi connectivity index (χ0n) is 12.1. The van der Waals surface area contributed by atoms with Gasteiger partial charge in [0.1, 0.15) is 5.82 Å². The Labute approximate surface area is 133 Å². The Kier molecular flexibility index (Phi) is 4.75. The Hall–Kier alpha value is -2.27. The van der Waals surface area contributed by atoms with Crippen LogP contribution < -0.4 is 5.32 Å². The van der Waals surface area contributed by atoms with Gasteiger partial charge in [0.2, 0.25) is 5.91 Å². The molecule has 0 spiro atoms. The second kappa shape index (κ2) is 7.13. The average Bonchev–Trinajstić information content (AvgIpc) is 2.97. The van der Waals surface area contributed by atoms with Gasteiger partial charge in [0.15, 0.2) is 0 Å². The zero-order chi connectivity index (χ0) is 15.2. The van der Waals surface area contributed by atoms with Crippen molar-refractivity contribution in [2.24, 2.45) is 0 Å². The van der Waals surface area contributed by atoms with Crippen LogP contribution in [0, 0.1) is 0 Å². The van der Waals surface area contributed by atoms with Gasteiger partial charge in [0.05, 0.1) is 17.6 Å². The minimum Gasteiger partial charge on any atom is -0.349 e. The molecule has 5 heteroatoms. The topological polar surface area (TPSA) is 57.8 Å². The molecule has 4 nitrogen and oxygen atoms in total. The lowest BCUT2D eigenvalue weighted by Crippen LogP contribution is -2.23. The number of rotatable bonds is 6. The summed E-state index contributed by atoms with van der Waals surface area (Å²) in [5.41, 5.74) is 1.91. The highest BCUT2D eigenvalue weighted by atomic mass is 32.2. The van der Waals surface area contributed by atoms with Gasteiger partial charge in [-0.05, 0) is 24.3 Å². The lowest BCUT2D eigenvalue weighted by atomic mass is 10.3. The van der Waals surface area contributed by atoms with E-state index in [0.29, 0.717) is 13.0 Å². The van der Waals surface area contributed by atoms with Gasteiger partial charge in [-0.25, -0.2) is 4.98 Å². The number of carbonyl (C=O) groups excluding carboxylic acids is 1. The molecule has 3 rings (SSSR count). The van der Waals surface area contributed by atoms with Crippen molar-refractivity contribution < 1.29 is 4.79 Å². The maximum atomic E-state index is 11.9. The third kappa shape index (κ3) is 3.89. The van der Waals surface area contributed by atoms with E-state index >= 15 is 0 Å². The summed E-state index contributed by atoms with van der Waals surface area (Å²) >= 11 is 1.69. The number of nitrogens with zero attached hydrogens (tertiary/aromatic N) is 1. The summed E-state index contributed by atoms with van der Waals surface area (Å²) in [6.45, 7) is 0.434. The first-order valence-electron chi connectivity index (χ1n) is 7.19. The normalized spacial score (nSPS) is 10.7. The fourth-order valence-electron chi connectivity index (χ4n) is 2.14. The molecule has 0 atom stereocenters. The summed E-state index contributed by atoms with van der Waals surface area (Å²) in [7, 11) is 0. The van der Waals surface area contributed by atoms with Crippen molar-refractivity contribution in [3.63, 3.8) is 0 Å². The Morgan fingerprint density at radius 1 is 1.09 bits per heavy atom. The molecule has 0 fully saturated rings. The van der Waals surface area contributed by atoms with E-state index in [0.717, 1.165) is 22.6 Å². The van der Waals surface area contributed by atoms with Gasteiger partial charge in [-0.3, -0.25) is 4.79 Å². The number of hydrogen-bond acceptors (Lipinski definition) is 3. The molecule has 0 bridgehead atoms. The number of imidazole rings is 1. The van der Waals surface area contributed by atoms with Crippen molar-refractivity contribution in [3.05, 3.63) is 60.4 Å². The molecule has 2 N–H and O–H groups in total. The van der Waals surface area contributed by atoms with Crippen LogP contribution in [0.3, 0.4) is 0 Å². The number of hydrogen-bond donors (Lipinski definition) is 2. The van der Waals surface area contributed by atoms with Gasteiger partial charge in [-0.15, -0.1) is 11.8 Å². The van der Waals surface area contributed by atoms with Crippen LogP contribution in [0.25, 0.3) is 11.0 Å². The molecule has 0 aliphatic heterocycles. The Balaban J connectivity index is 1.44. The van der Waals surface area contributed by atoms with Crippen LogP contribution in [0.4, 0.5) is 0 Å². The predicted octanol–water partition coefficient (Wildman–Crippen LogP) is 3.36. The minimum atomic E-state index is 0.0453. The first-order chi connectivity index (χ1) is 10.8. The summed E-state index contributed by atoms with van der Waals surface area (Å²) in [4.78, 5) is 20.7. The maximum Gasteiger partial charge on any atom is 0.221 e. The number of amides is 1. The van der Waals surface area contributed by atoms with E-state index in [2.05, 4.69) is 27.4 Å². The van der Waals surface area contributed by atoms with Gasteiger partial charge >= 0.3 is 0 Å². The molecule has 22 heavy (non-hydrogen) atoms. The number of carbonyl (C=O) groups is 1. The fraction of sp³-hybridized carbons (Fsp3) is 0.176. The number of H-pyrrole nitrogens is 1. The smallest absolute Gasteiger partial charge is 0.221 e. The van der Waals surface area contributed by atoms with E-state index in [1.165, 1.54) is 4.90 Å². The molecular weight excluding hydrogens is 294 g/mol. The number of benzene rings is 2. The summed E-state index contributed by atoms with van der Waals surface area (Å²) in [6.07, 6.45) is 0.500. The molecule has 1 amide bonds. The number of nitrogens with one attached hydrogen (secondary N) is 2. The summed E-state index contributed by atoms with van der Waals surface area (Å²) in [5, 5.41) is 2.90. The van der Waals surface area contributed by atoms with Crippen molar-refractivity contribution in [2.45, 2.75) is 17.9 Å². The molecule has 0 aliphatic carbocycles. The Morgan fingerprint density at radius 2 is 1.86 bits per heavy atom. The number of aromatic nitrogens is 2. The molecule has 3 aromatic rings. The summed E-state index contributed by atoms with van der Waals surface area (Å²) in [6, 6.07) is 17.9. The monoisotopic (exact) mass is 311 g/mol. The molecular formula is C17H17N3OS. The highest BCUT2D eigenvalue weighted by molar-refractivity contribution is 7.99. The number of aromatic amines is 1. The van der Waals surface area contributed by atoms with E-state index in [1.54, 1.807) is 11.8 Å². The molecule has 0 saturated carbocycles. The van der Waals surface area contributed by atoms with Crippen molar-refractivity contribution in [1.82, 2.24) is 15.3 Å². The molecule has 112 valence electrons. The lowest BCUT2D eigenvalue weighted by molar-refractivity contribution is -0.120. The second-order valence-electron chi connectivity index (χ2n) is 4.89. The van der Waals surface area contributed by atoms with E-state index in [-0.39, 0.29) is 5.91 Å². The van der Waals surface area contributed by atoms with Crippen molar-refractivity contribution in [3.8, 4) is 0 Å². The quantitative estimate of drug-likeness (QED) is 0.686. The molecule has 0 radical (unpaired) electrons. The van der Waals surface area contributed by atoms with E-state index in [1.807, 2.05) is 42.5 Å². The largest absolute Gasteiger partial charge is 0.349 e. The molecule has 0 saturated heterocycles. The van der Waals surface area contributed by atoms with Crippen LogP contribution in [-0.2, 0) is 11.3 Å². The standard InChI is InChI=1S/C17H17N3OS/c21-17(10-11-22-13-6-2-1-3-7-13)18-12-16-19-14-8-4-5-9-15(14)20-16/h1-9H,10-12H2,(H,18,21)(H,19,20). The second-order valence-corrected chi connectivity index (χ2v) is 6.06. The number of fused-ring (bicyclic) bond motifs is 1. The number of thioether (sulfide) groups is 1. The molecule has 0 unspecified atom stereocenters. The van der Waals surface area contributed by atoms with Crippen LogP contribution >= 0.6 is 11.8 Å². The van der Waals surface area contributed by atoms with Crippen LogP contribution in [0.5, 0.6) is 0 Å². The molecule has 1 aromatic heterocycles. The van der Waals surface area contributed by atoms with Gasteiger partial charge in [-0.2, -0.15) is 0 Å². The van der Waals surface area contributed by atoms with Crippen molar-refractivity contribution in [1.29, 1.82) is 0 Å². The predicted molar refractivity (Wildman–Crippen MR) is 89.7 cm³/mol. The average molecular weight is 311 g/mol. The minimum absolute atomic E-state index is 0.0453. The van der Waals surface area contributed by atoms with E-state index in [9.17, 15) is 4.79 Å². The van der Waals surface area contributed by atoms with E-state index < -0.39 is 0 Å². The SMILES string of the molecule is O=C(CCSc1ccccc1)NCc1nc2ccccc2[nH]1. The van der Waals surface area contributed by atoms with Crippen LogP contribution in [-0.4, -0.2) is 21.6 Å². The number of para-hydroxylation sites is 2. The third-order valence-electron chi connectivity index (χ3n) is 3.23. The Bertz CT molecular complexity index is 722. The van der Waals surface area contributed by atoms with Crippen LogP contribution in [0.2, 0.25) is 0 Å². The molecule has 2 aromatic carbocycles. The van der Waals surface area contributed by atoms with Crippen molar-refractivity contribution in [2.75, 3.05) is 5.75 Å². The summed E-state index contributed by atoms with van der Waals surface area (Å²) in [5.74, 6) is 1.60. The third-order valence-corrected chi connectivity index (χ3v) is 4.25. The van der Waals surface area contributed by atoms with Crippen molar-refractivity contribution >= 4 is 28.7 Å². The molecule has 1 heterocycles. The highest BCUT2D eigenvalue weighted by Crippen LogP contribution is 2.17. The van der Waals surface area contributed by atoms with Crippen LogP contribution in [0.1, 0.15) is 12.2 Å². The first kappa shape index (κ1) is 14.7. The maximum absolute atomic E-state index is 11.9. The highest BCUT2D eigenvalue weighted by Gasteiger charge is 2.05. The van der Waals surface area contributed by atoms with Crippen LogP contribution in [0.15, 0.2) is 59.5 Å².